The fourth-order valence-electron chi connectivity index (χ4n) is 2.76. The van der Waals surface area contributed by atoms with Crippen LogP contribution in [-0.2, 0) is 23.0 Å². The molecule has 0 saturated heterocycles. The predicted octanol–water partition coefficient (Wildman–Crippen LogP) is 3.31. The highest BCUT2D eigenvalue weighted by Gasteiger charge is 2.11. The van der Waals surface area contributed by atoms with Crippen LogP contribution in [0.15, 0.2) is 59.8 Å². The number of para-hydroxylation sites is 2. The van der Waals surface area contributed by atoms with E-state index in [4.69, 9.17) is 4.98 Å². The summed E-state index contributed by atoms with van der Waals surface area (Å²) < 4.78 is 27.0. The van der Waals surface area contributed by atoms with Gasteiger partial charge in [0.25, 0.3) is 0 Å². The number of aryl methyl sites for hydroxylation is 2. The normalized spacial score (nSPS) is 11.9. The maximum absolute atomic E-state index is 11.1. The van der Waals surface area contributed by atoms with Crippen molar-refractivity contribution < 1.29 is 8.42 Å². The van der Waals surface area contributed by atoms with Gasteiger partial charge in [-0.25, -0.2) is 18.1 Å². The minimum absolute atomic E-state index is 0.454. The Morgan fingerprint density at radius 2 is 1.81 bits per heavy atom. The van der Waals surface area contributed by atoms with Crippen molar-refractivity contribution in [2.45, 2.75) is 24.5 Å². The lowest BCUT2D eigenvalue weighted by Crippen LogP contribution is -2.23. The van der Waals surface area contributed by atoms with Crippen molar-refractivity contribution in [3.05, 3.63) is 60.2 Å². The van der Waals surface area contributed by atoms with E-state index in [1.807, 2.05) is 24.3 Å². The van der Waals surface area contributed by atoms with Crippen LogP contribution < -0.4 is 4.72 Å². The largest absolute Gasteiger partial charge is 0.319 e. The van der Waals surface area contributed by atoms with Crippen molar-refractivity contribution in [2.75, 3.05) is 18.6 Å². The van der Waals surface area contributed by atoms with Gasteiger partial charge in [0.05, 0.1) is 17.3 Å². The van der Waals surface area contributed by atoms with E-state index in [1.165, 1.54) is 11.8 Å². The molecule has 0 radical (unpaired) electrons. The molecule has 0 bridgehead atoms. The van der Waals surface area contributed by atoms with Crippen LogP contribution in [0, 0.1) is 0 Å². The van der Waals surface area contributed by atoms with Crippen molar-refractivity contribution in [1.82, 2.24) is 14.3 Å². The van der Waals surface area contributed by atoms with Gasteiger partial charge in [-0.3, -0.25) is 0 Å². The molecule has 1 N–H and O–H groups in total. The second-order valence-electron chi connectivity index (χ2n) is 6.14. The average molecular weight is 390 g/mol. The maximum atomic E-state index is 11.1. The molecule has 0 amide bonds. The molecule has 0 aliphatic rings. The number of thioether (sulfide) groups is 1. The van der Waals surface area contributed by atoms with Crippen molar-refractivity contribution in [1.29, 1.82) is 0 Å². The van der Waals surface area contributed by atoms with E-state index in [1.54, 1.807) is 11.8 Å². The molecule has 7 heteroatoms. The zero-order chi connectivity index (χ0) is 18.4. The molecular formula is C19H23N3O2S2. The Bertz CT molecular complexity index is 953. The zero-order valence-electron chi connectivity index (χ0n) is 14.8. The van der Waals surface area contributed by atoms with Crippen molar-refractivity contribution in [3.8, 4) is 0 Å². The second kappa shape index (κ2) is 8.70. The fraction of sp³-hybridized carbons (Fsp3) is 0.316. The molecule has 0 spiro atoms. The lowest BCUT2D eigenvalue weighted by atomic mass is 10.1. The van der Waals surface area contributed by atoms with E-state index in [9.17, 15) is 8.42 Å². The molecule has 0 aliphatic carbocycles. The first kappa shape index (κ1) is 18.9. The summed E-state index contributed by atoms with van der Waals surface area (Å²) in [7, 11) is -3.12. The summed E-state index contributed by atoms with van der Waals surface area (Å²) in [5, 5.41) is 0.987. The standard InChI is InChI=1S/C19H23N3O2S2/c1-26(23,24)20-13-7-15-25-19-21-17-10-5-6-11-18(17)22(19)14-12-16-8-3-2-4-9-16/h2-6,8-11,20H,7,12-15H2,1H3. The van der Waals surface area contributed by atoms with Crippen LogP contribution in [0.5, 0.6) is 0 Å². The van der Waals surface area contributed by atoms with Crippen molar-refractivity contribution >= 4 is 32.8 Å². The number of fused-ring (bicyclic) bond motifs is 1. The van der Waals surface area contributed by atoms with Crippen molar-refractivity contribution in [3.63, 3.8) is 0 Å². The number of sulfonamides is 1. The Hall–Kier alpha value is -1.83. The van der Waals surface area contributed by atoms with E-state index in [-0.39, 0.29) is 0 Å². The number of rotatable bonds is 9. The van der Waals surface area contributed by atoms with Gasteiger partial charge in [-0.1, -0.05) is 54.2 Å². The minimum Gasteiger partial charge on any atom is -0.319 e. The summed E-state index contributed by atoms with van der Waals surface area (Å²) in [6.45, 7) is 1.32. The molecule has 0 saturated carbocycles. The van der Waals surface area contributed by atoms with E-state index < -0.39 is 10.0 Å². The highest BCUT2D eigenvalue weighted by molar-refractivity contribution is 7.99. The third-order valence-electron chi connectivity index (χ3n) is 4.00. The smallest absolute Gasteiger partial charge is 0.208 e. The van der Waals surface area contributed by atoms with Gasteiger partial charge >= 0.3 is 0 Å². The third kappa shape index (κ3) is 5.33. The number of benzene rings is 2. The summed E-state index contributed by atoms with van der Waals surface area (Å²) in [4.78, 5) is 4.76. The summed E-state index contributed by atoms with van der Waals surface area (Å²) in [6, 6.07) is 18.6. The first-order valence-corrected chi connectivity index (χ1v) is 11.5. The zero-order valence-corrected chi connectivity index (χ0v) is 16.4. The van der Waals surface area contributed by atoms with Crippen LogP contribution in [0.3, 0.4) is 0 Å². The molecule has 3 aromatic rings. The van der Waals surface area contributed by atoms with Gasteiger partial charge in [0.1, 0.15) is 0 Å². The molecule has 0 fully saturated rings. The SMILES string of the molecule is CS(=O)(=O)NCCCSc1nc2ccccc2n1CCc1ccccc1. The van der Waals surface area contributed by atoms with Crippen LogP contribution in [0.2, 0.25) is 0 Å². The van der Waals surface area contributed by atoms with E-state index in [0.717, 1.165) is 41.3 Å². The molecule has 0 aliphatic heterocycles. The first-order chi connectivity index (χ1) is 12.5. The third-order valence-corrected chi connectivity index (χ3v) is 5.79. The Labute approximate surface area is 158 Å². The molecule has 1 aromatic heterocycles. The van der Waals surface area contributed by atoms with Crippen LogP contribution >= 0.6 is 11.8 Å². The molecule has 3 rings (SSSR count). The monoisotopic (exact) mass is 389 g/mol. The Kier molecular flexibility index (Phi) is 6.34. The fourth-order valence-corrected chi connectivity index (χ4v) is 4.25. The quantitative estimate of drug-likeness (QED) is 0.450. The molecule has 2 aromatic carbocycles. The highest BCUT2D eigenvalue weighted by atomic mass is 32.2. The molecule has 0 unspecified atom stereocenters. The van der Waals surface area contributed by atoms with Crippen LogP contribution in [-0.4, -0.2) is 36.5 Å². The Morgan fingerprint density at radius 3 is 2.58 bits per heavy atom. The summed E-state index contributed by atoms with van der Waals surface area (Å²) in [5.74, 6) is 0.817. The summed E-state index contributed by atoms with van der Waals surface area (Å²) >= 11 is 1.68. The number of hydrogen-bond acceptors (Lipinski definition) is 4. The molecule has 5 nitrogen and oxygen atoms in total. The molecular weight excluding hydrogens is 366 g/mol. The average Bonchev–Trinajstić information content (AvgIpc) is 2.97. The number of hydrogen-bond donors (Lipinski definition) is 1. The van der Waals surface area contributed by atoms with E-state index >= 15 is 0 Å². The van der Waals surface area contributed by atoms with Crippen LogP contribution in [0.4, 0.5) is 0 Å². The van der Waals surface area contributed by atoms with Gasteiger partial charge < -0.3 is 4.57 Å². The van der Waals surface area contributed by atoms with Gasteiger partial charge in [0, 0.05) is 18.8 Å². The lowest BCUT2D eigenvalue weighted by molar-refractivity contribution is 0.587. The summed E-state index contributed by atoms with van der Waals surface area (Å²) in [5.41, 5.74) is 3.44. The molecule has 138 valence electrons. The topological polar surface area (TPSA) is 64.0 Å². The van der Waals surface area contributed by atoms with E-state index in [2.05, 4.69) is 39.6 Å². The number of nitrogens with zero attached hydrogens (tertiary/aromatic N) is 2. The van der Waals surface area contributed by atoms with Crippen molar-refractivity contribution in [2.24, 2.45) is 0 Å². The van der Waals surface area contributed by atoms with Crippen LogP contribution in [0.25, 0.3) is 11.0 Å². The number of aromatic nitrogens is 2. The molecule has 0 atom stereocenters. The van der Waals surface area contributed by atoms with Gasteiger partial charge in [-0.15, -0.1) is 0 Å². The minimum atomic E-state index is -3.12. The van der Waals surface area contributed by atoms with Gasteiger partial charge in [-0.05, 0) is 30.5 Å². The number of nitrogens with one attached hydrogen (secondary N) is 1. The highest BCUT2D eigenvalue weighted by Crippen LogP contribution is 2.25. The maximum Gasteiger partial charge on any atom is 0.208 e. The van der Waals surface area contributed by atoms with Gasteiger partial charge in [0.15, 0.2) is 5.16 Å². The first-order valence-electron chi connectivity index (χ1n) is 8.59. The Morgan fingerprint density at radius 1 is 1.08 bits per heavy atom. The second-order valence-corrected chi connectivity index (χ2v) is 9.03. The van der Waals surface area contributed by atoms with Gasteiger partial charge in [0.2, 0.25) is 10.0 Å². The predicted molar refractivity (Wildman–Crippen MR) is 108 cm³/mol. The van der Waals surface area contributed by atoms with Crippen LogP contribution in [0.1, 0.15) is 12.0 Å². The Balaban J connectivity index is 1.68. The molecule has 1 heterocycles. The number of imidazole rings is 1. The summed E-state index contributed by atoms with van der Waals surface area (Å²) in [6.07, 6.45) is 2.90. The van der Waals surface area contributed by atoms with E-state index in [0.29, 0.717) is 6.54 Å². The van der Waals surface area contributed by atoms with Gasteiger partial charge in [-0.2, -0.15) is 0 Å². The molecule has 26 heavy (non-hydrogen) atoms. The lowest BCUT2D eigenvalue weighted by Gasteiger charge is -2.09.